The third kappa shape index (κ3) is 2.70. The molecule has 2 bridgehead atoms. The topological polar surface area (TPSA) is 102 Å². The van der Waals surface area contributed by atoms with Crippen molar-refractivity contribution in [2.24, 2.45) is 24.6 Å². The Kier molecular flexibility index (Phi) is 3.96. The number of hydrogen-bond acceptors (Lipinski definition) is 5. The molecule has 2 aromatic heterocycles. The Balaban J connectivity index is 1.28. The summed E-state index contributed by atoms with van der Waals surface area (Å²) in [5, 5.41) is 4.08. The molecule has 4 atom stereocenters. The van der Waals surface area contributed by atoms with Crippen molar-refractivity contribution >= 4 is 22.8 Å². The number of carbonyl (C=O) groups excluding carboxylic acids is 2. The SMILES string of the molecule is Cn1ccc2ccc(C(=O)NC[C@H]3[C@H]4CN(CC(N)=O)C[C@]45CC[C@H]3O5)nc21. The van der Waals surface area contributed by atoms with Crippen LogP contribution in [-0.2, 0) is 16.6 Å². The van der Waals surface area contributed by atoms with E-state index in [0.29, 0.717) is 18.2 Å². The van der Waals surface area contributed by atoms with Crippen LogP contribution in [0.5, 0.6) is 0 Å². The highest BCUT2D eigenvalue weighted by molar-refractivity contribution is 5.94. The fourth-order valence-electron chi connectivity index (χ4n) is 5.46. The maximum atomic E-state index is 12.7. The molecule has 0 unspecified atom stereocenters. The van der Waals surface area contributed by atoms with E-state index in [0.717, 1.165) is 37.0 Å². The van der Waals surface area contributed by atoms with Crippen molar-refractivity contribution in [3.05, 3.63) is 30.1 Å². The van der Waals surface area contributed by atoms with E-state index in [4.69, 9.17) is 10.5 Å². The van der Waals surface area contributed by atoms with Crippen molar-refractivity contribution < 1.29 is 14.3 Å². The Morgan fingerprint density at radius 2 is 2.25 bits per heavy atom. The van der Waals surface area contributed by atoms with Gasteiger partial charge in [0.2, 0.25) is 5.91 Å². The molecule has 5 heterocycles. The van der Waals surface area contributed by atoms with E-state index in [9.17, 15) is 9.59 Å². The summed E-state index contributed by atoms with van der Waals surface area (Å²) in [6, 6.07) is 5.67. The quantitative estimate of drug-likeness (QED) is 0.772. The highest BCUT2D eigenvalue weighted by Gasteiger charge is 2.62. The fraction of sp³-hybridized carbons (Fsp3) is 0.550. The number of aromatic nitrogens is 2. The van der Waals surface area contributed by atoms with E-state index in [1.807, 2.05) is 29.9 Å². The second kappa shape index (κ2) is 6.28. The number of nitrogens with two attached hydrogens (primary N) is 1. The lowest BCUT2D eigenvalue weighted by Crippen LogP contribution is -2.42. The van der Waals surface area contributed by atoms with Crippen molar-refractivity contribution in [1.29, 1.82) is 0 Å². The van der Waals surface area contributed by atoms with Gasteiger partial charge in [0.1, 0.15) is 11.3 Å². The molecule has 8 heteroatoms. The van der Waals surface area contributed by atoms with Gasteiger partial charge in [-0.2, -0.15) is 0 Å². The van der Waals surface area contributed by atoms with Crippen LogP contribution in [0.15, 0.2) is 24.4 Å². The largest absolute Gasteiger partial charge is 0.370 e. The third-order valence-corrected chi connectivity index (χ3v) is 6.68. The first-order valence-corrected chi connectivity index (χ1v) is 9.84. The van der Waals surface area contributed by atoms with Crippen LogP contribution < -0.4 is 11.1 Å². The number of nitrogens with one attached hydrogen (secondary N) is 1. The molecule has 148 valence electrons. The number of likely N-dealkylation sites (tertiary alicyclic amines) is 1. The van der Waals surface area contributed by atoms with E-state index in [-0.39, 0.29) is 36.0 Å². The second-order valence-corrected chi connectivity index (χ2v) is 8.41. The number of ether oxygens (including phenoxy) is 1. The minimum absolute atomic E-state index is 0.160. The predicted molar refractivity (Wildman–Crippen MR) is 102 cm³/mol. The van der Waals surface area contributed by atoms with Crippen LogP contribution in [0.1, 0.15) is 23.3 Å². The summed E-state index contributed by atoms with van der Waals surface area (Å²) in [4.78, 5) is 30.6. The second-order valence-electron chi connectivity index (χ2n) is 8.41. The minimum Gasteiger partial charge on any atom is -0.370 e. The van der Waals surface area contributed by atoms with E-state index < -0.39 is 0 Å². The zero-order valence-corrected chi connectivity index (χ0v) is 15.9. The van der Waals surface area contributed by atoms with Gasteiger partial charge in [0, 0.05) is 50.1 Å². The lowest BCUT2D eigenvalue weighted by atomic mass is 9.73. The lowest BCUT2D eigenvalue weighted by Gasteiger charge is -2.29. The van der Waals surface area contributed by atoms with Gasteiger partial charge >= 0.3 is 0 Å². The molecule has 3 aliphatic rings. The fourth-order valence-corrected chi connectivity index (χ4v) is 5.46. The van der Waals surface area contributed by atoms with Crippen LogP contribution in [0.2, 0.25) is 0 Å². The Morgan fingerprint density at radius 1 is 1.39 bits per heavy atom. The molecular formula is C20H25N5O3. The summed E-state index contributed by atoms with van der Waals surface area (Å²) in [6.45, 7) is 2.39. The molecule has 1 spiro atoms. The Labute approximate surface area is 163 Å². The van der Waals surface area contributed by atoms with Gasteiger partial charge in [0.05, 0.1) is 18.2 Å². The number of primary amides is 1. The zero-order valence-electron chi connectivity index (χ0n) is 15.9. The van der Waals surface area contributed by atoms with Crippen molar-refractivity contribution in [1.82, 2.24) is 19.8 Å². The summed E-state index contributed by atoms with van der Waals surface area (Å²) in [5.74, 6) is 0.119. The first-order valence-electron chi connectivity index (χ1n) is 9.84. The standard InChI is InChI=1S/C20H25N5O3/c1-24-7-5-12-2-3-15(23-18(12)24)19(27)22-8-13-14-9-25(10-17(21)26)11-20(14)6-4-16(13)28-20/h2-3,5,7,13-14,16H,4,6,8-11H2,1H3,(H2,21,26)(H,22,27)/t13-,14+,16+,20+/m0/s1. The van der Waals surface area contributed by atoms with Crippen molar-refractivity contribution in [2.45, 2.75) is 24.5 Å². The predicted octanol–water partition coefficient (Wildman–Crippen LogP) is 0.268. The zero-order chi connectivity index (χ0) is 19.5. The summed E-state index contributed by atoms with van der Waals surface area (Å²) in [5.41, 5.74) is 6.42. The third-order valence-electron chi connectivity index (χ3n) is 6.68. The Bertz CT molecular complexity index is 956. The molecule has 0 radical (unpaired) electrons. The van der Waals surface area contributed by atoms with Gasteiger partial charge in [0.15, 0.2) is 0 Å². The molecule has 3 fully saturated rings. The van der Waals surface area contributed by atoms with Gasteiger partial charge in [-0.05, 0) is 31.0 Å². The summed E-state index contributed by atoms with van der Waals surface area (Å²) >= 11 is 0. The summed E-state index contributed by atoms with van der Waals surface area (Å²) in [6.07, 6.45) is 4.15. The number of rotatable bonds is 5. The molecule has 0 aliphatic carbocycles. The molecule has 28 heavy (non-hydrogen) atoms. The van der Waals surface area contributed by atoms with Crippen LogP contribution in [0.3, 0.4) is 0 Å². The number of hydrogen-bond donors (Lipinski definition) is 2. The van der Waals surface area contributed by atoms with Crippen molar-refractivity contribution in [3.63, 3.8) is 0 Å². The van der Waals surface area contributed by atoms with Crippen LogP contribution >= 0.6 is 0 Å². The number of aryl methyl sites for hydroxylation is 1. The normalized spacial score (nSPS) is 31.4. The molecule has 3 saturated heterocycles. The van der Waals surface area contributed by atoms with E-state index in [1.165, 1.54) is 0 Å². The molecule has 0 saturated carbocycles. The van der Waals surface area contributed by atoms with E-state index in [1.54, 1.807) is 6.07 Å². The Morgan fingerprint density at radius 3 is 3.07 bits per heavy atom. The van der Waals surface area contributed by atoms with Gasteiger partial charge in [-0.25, -0.2) is 4.98 Å². The summed E-state index contributed by atoms with van der Waals surface area (Å²) in [7, 11) is 1.92. The van der Waals surface area contributed by atoms with Gasteiger partial charge < -0.3 is 20.4 Å². The van der Waals surface area contributed by atoms with E-state index >= 15 is 0 Å². The van der Waals surface area contributed by atoms with Crippen molar-refractivity contribution in [2.75, 3.05) is 26.2 Å². The smallest absolute Gasteiger partial charge is 0.269 e. The Hall–Kier alpha value is -2.45. The molecule has 5 rings (SSSR count). The number of amides is 2. The average molecular weight is 383 g/mol. The van der Waals surface area contributed by atoms with Crippen LogP contribution in [0, 0.1) is 11.8 Å². The monoisotopic (exact) mass is 383 g/mol. The molecule has 3 N–H and O–H groups in total. The molecule has 3 aliphatic heterocycles. The van der Waals surface area contributed by atoms with Gasteiger partial charge in [0.25, 0.3) is 5.91 Å². The van der Waals surface area contributed by atoms with Gasteiger partial charge in [-0.15, -0.1) is 0 Å². The number of pyridine rings is 1. The maximum Gasteiger partial charge on any atom is 0.269 e. The molecular weight excluding hydrogens is 358 g/mol. The van der Waals surface area contributed by atoms with Crippen LogP contribution in [0.25, 0.3) is 11.0 Å². The highest BCUT2D eigenvalue weighted by Crippen LogP contribution is 2.54. The van der Waals surface area contributed by atoms with Crippen LogP contribution in [-0.4, -0.2) is 64.1 Å². The van der Waals surface area contributed by atoms with E-state index in [2.05, 4.69) is 15.2 Å². The highest BCUT2D eigenvalue weighted by atomic mass is 16.5. The van der Waals surface area contributed by atoms with Gasteiger partial charge in [-0.1, -0.05) is 0 Å². The van der Waals surface area contributed by atoms with Crippen molar-refractivity contribution in [3.8, 4) is 0 Å². The lowest BCUT2D eigenvalue weighted by molar-refractivity contribution is -0.119. The molecule has 0 aromatic carbocycles. The van der Waals surface area contributed by atoms with Crippen LogP contribution in [0.4, 0.5) is 0 Å². The number of carbonyl (C=O) groups is 2. The maximum absolute atomic E-state index is 12.7. The first kappa shape index (κ1) is 17.6. The molecule has 2 aromatic rings. The average Bonchev–Trinajstić information content (AvgIpc) is 3.38. The number of nitrogens with zero attached hydrogens (tertiary/aromatic N) is 3. The first-order chi connectivity index (χ1) is 13.4. The molecule has 8 nitrogen and oxygen atoms in total. The minimum atomic E-state index is -0.307. The number of fused-ring (bicyclic) bond motifs is 2. The summed E-state index contributed by atoms with van der Waals surface area (Å²) < 4.78 is 8.25. The molecule has 2 amide bonds. The van der Waals surface area contributed by atoms with Gasteiger partial charge in [-0.3, -0.25) is 14.5 Å².